The monoisotopic (exact) mass is 383 g/mol. The van der Waals surface area contributed by atoms with Gasteiger partial charge in [0.05, 0.1) is 10.6 Å². The van der Waals surface area contributed by atoms with Gasteiger partial charge in [0.15, 0.2) is 0 Å². The third-order valence-electron chi connectivity index (χ3n) is 5.08. The Bertz CT molecular complexity index is 861. The van der Waals surface area contributed by atoms with E-state index in [0.717, 1.165) is 17.7 Å². The Hall–Kier alpha value is -2.39. The highest BCUT2D eigenvalue weighted by atomic mass is 35.5. The molecule has 0 aromatic heterocycles. The van der Waals surface area contributed by atoms with Crippen LogP contribution in [-0.4, -0.2) is 60.1 Å². The van der Waals surface area contributed by atoms with Crippen molar-refractivity contribution < 1.29 is 9.90 Å². The molecule has 1 unspecified atom stereocenters. The zero-order chi connectivity index (χ0) is 19.4. The van der Waals surface area contributed by atoms with Crippen LogP contribution in [0.3, 0.4) is 0 Å². The number of hydrogen-bond acceptors (Lipinski definition) is 4. The van der Waals surface area contributed by atoms with Gasteiger partial charge in [0.1, 0.15) is 6.07 Å². The zero-order valence-corrected chi connectivity index (χ0v) is 16.0. The highest BCUT2D eigenvalue weighted by molar-refractivity contribution is 6.32. The molecule has 2 aromatic rings. The Kier molecular flexibility index (Phi) is 6.12. The van der Waals surface area contributed by atoms with Crippen LogP contribution in [0.4, 0.5) is 0 Å². The van der Waals surface area contributed by atoms with Crippen LogP contribution >= 0.6 is 11.6 Å². The summed E-state index contributed by atoms with van der Waals surface area (Å²) >= 11 is 6.11. The number of nitrogens with zero attached hydrogens (tertiary/aromatic N) is 3. The first-order chi connectivity index (χ1) is 13.0. The number of aliphatic hydroxyl groups excluding tert-OH is 1. The van der Waals surface area contributed by atoms with Crippen LogP contribution in [0, 0.1) is 11.3 Å². The molecular weight excluding hydrogens is 362 g/mol. The Labute approximate surface area is 164 Å². The molecular formula is C21H22ClN3O2. The summed E-state index contributed by atoms with van der Waals surface area (Å²) in [6.45, 7) is 2.24. The van der Waals surface area contributed by atoms with Crippen molar-refractivity contribution in [3.63, 3.8) is 0 Å². The van der Waals surface area contributed by atoms with Gasteiger partial charge < -0.3 is 10.0 Å². The van der Waals surface area contributed by atoms with Gasteiger partial charge in [-0.2, -0.15) is 5.26 Å². The van der Waals surface area contributed by atoms with Gasteiger partial charge in [-0.15, -0.1) is 0 Å². The molecule has 2 aromatic carbocycles. The summed E-state index contributed by atoms with van der Waals surface area (Å²) in [5, 5.41) is 18.6. The maximum atomic E-state index is 12.8. The lowest BCUT2D eigenvalue weighted by Crippen LogP contribution is -2.53. The van der Waals surface area contributed by atoms with Crippen LogP contribution in [0.25, 0.3) is 11.1 Å². The molecule has 1 heterocycles. The average molecular weight is 384 g/mol. The van der Waals surface area contributed by atoms with Crippen LogP contribution in [0.1, 0.15) is 22.3 Å². The number of nitriles is 1. The van der Waals surface area contributed by atoms with E-state index in [1.165, 1.54) is 0 Å². The molecule has 27 heavy (non-hydrogen) atoms. The normalized spacial score (nSPS) is 17.6. The maximum Gasteiger partial charge on any atom is 0.253 e. The van der Waals surface area contributed by atoms with Gasteiger partial charge in [-0.3, -0.25) is 9.69 Å². The summed E-state index contributed by atoms with van der Waals surface area (Å²) in [6.07, 6.45) is 0.665. The molecule has 3 rings (SSSR count). The Morgan fingerprint density at radius 2 is 1.93 bits per heavy atom. The Morgan fingerprint density at radius 3 is 2.56 bits per heavy atom. The SMILES string of the molecule is CN1CCN(C(=O)c2ccc(-c3ccc(C#N)c(Cl)c3)cc2)CC1CCO. The average Bonchev–Trinajstić information content (AvgIpc) is 2.69. The largest absolute Gasteiger partial charge is 0.396 e. The minimum absolute atomic E-state index is 0.00968. The molecule has 1 fully saturated rings. The first-order valence-corrected chi connectivity index (χ1v) is 9.31. The Balaban J connectivity index is 1.74. The number of amides is 1. The van der Waals surface area contributed by atoms with Gasteiger partial charge >= 0.3 is 0 Å². The fourth-order valence-electron chi connectivity index (χ4n) is 3.36. The van der Waals surface area contributed by atoms with Crippen molar-refractivity contribution in [3.05, 3.63) is 58.6 Å². The van der Waals surface area contributed by atoms with Crippen LogP contribution in [-0.2, 0) is 0 Å². The van der Waals surface area contributed by atoms with E-state index in [-0.39, 0.29) is 18.6 Å². The van der Waals surface area contributed by atoms with Crippen LogP contribution in [0.15, 0.2) is 42.5 Å². The van der Waals surface area contributed by atoms with E-state index in [2.05, 4.69) is 4.90 Å². The first kappa shape index (κ1) is 19.4. The molecule has 0 aliphatic carbocycles. The fourth-order valence-corrected chi connectivity index (χ4v) is 3.59. The summed E-state index contributed by atoms with van der Waals surface area (Å²) in [5.74, 6) is 0.00968. The van der Waals surface area contributed by atoms with Gasteiger partial charge in [0, 0.05) is 37.8 Å². The zero-order valence-electron chi connectivity index (χ0n) is 15.2. The number of carbonyl (C=O) groups is 1. The molecule has 0 spiro atoms. The highest BCUT2D eigenvalue weighted by Gasteiger charge is 2.27. The van der Waals surface area contributed by atoms with E-state index in [4.69, 9.17) is 16.9 Å². The number of halogens is 1. The lowest BCUT2D eigenvalue weighted by atomic mass is 10.0. The second kappa shape index (κ2) is 8.53. The lowest BCUT2D eigenvalue weighted by molar-refractivity contribution is 0.0500. The molecule has 1 amide bonds. The lowest BCUT2D eigenvalue weighted by Gasteiger charge is -2.39. The molecule has 0 bridgehead atoms. The van der Waals surface area contributed by atoms with Crippen LogP contribution in [0.5, 0.6) is 0 Å². The van der Waals surface area contributed by atoms with Gasteiger partial charge in [-0.05, 0) is 48.9 Å². The number of aliphatic hydroxyl groups is 1. The summed E-state index contributed by atoms with van der Waals surface area (Å²) in [7, 11) is 2.03. The highest BCUT2D eigenvalue weighted by Crippen LogP contribution is 2.26. The summed E-state index contributed by atoms with van der Waals surface area (Å²) < 4.78 is 0. The molecule has 0 saturated carbocycles. The topological polar surface area (TPSA) is 67.6 Å². The molecule has 1 N–H and O–H groups in total. The molecule has 1 aliphatic heterocycles. The van der Waals surface area contributed by atoms with Crippen molar-refractivity contribution in [1.29, 1.82) is 5.26 Å². The van der Waals surface area contributed by atoms with Crippen molar-refractivity contribution in [3.8, 4) is 17.2 Å². The summed E-state index contributed by atoms with van der Waals surface area (Å²) in [5.41, 5.74) is 2.93. The molecule has 6 heteroatoms. The smallest absolute Gasteiger partial charge is 0.253 e. The molecule has 1 atom stereocenters. The van der Waals surface area contributed by atoms with E-state index in [1.54, 1.807) is 12.1 Å². The van der Waals surface area contributed by atoms with Crippen molar-refractivity contribution >= 4 is 17.5 Å². The molecule has 5 nitrogen and oxygen atoms in total. The van der Waals surface area contributed by atoms with E-state index >= 15 is 0 Å². The summed E-state index contributed by atoms with van der Waals surface area (Å²) in [6, 6.07) is 15.0. The summed E-state index contributed by atoms with van der Waals surface area (Å²) in [4.78, 5) is 16.9. The predicted octanol–water partition coefficient (Wildman–Crippen LogP) is 3.02. The number of carbonyl (C=O) groups excluding carboxylic acids is 1. The number of rotatable bonds is 4. The minimum Gasteiger partial charge on any atom is -0.396 e. The van der Waals surface area contributed by atoms with E-state index in [0.29, 0.717) is 35.7 Å². The van der Waals surface area contributed by atoms with Gasteiger partial charge in [-0.1, -0.05) is 29.8 Å². The van der Waals surface area contributed by atoms with Crippen molar-refractivity contribution in [1.82, 2.24) is 9.80 Å². The third kappa shape index (κ3) is 4.30. The first-order valence-electron chi connectivity index (χ1n) is 8.94. The third-order valence-corrected chi connectivity index (χ3v) is 5.39. The van der Waals surface area contributed by atoms with Crippen LogP contribution in [0.2, 0.25) is 5.02 Å². The van der Waals surface area contributed by atoms with Crippen LogP contribution < -0.4 is 0 Å². The Morgan fingerprint density at radius 1 is 1.22 bits per heavy atom. The molecule has 140 valence electrons. The molecule has 0 radical (unpaired) electrons. The quantitative estimate of drug-likeness (QED) is 0.881. The van der Waals surface area contributed by atoms with E-state index in [9.17, 15) is 9.90 Å². The van der Waals surface area contributed by atoms with E-state index < -0.39 is 0 Å². The fraction of sp³-hybridized carbons (Fsp3) is 0.333. The second-order valence-electron chi connectivity index (χ2n) is 6.78. The second-order valence-corrected chi connectivity index (χ2v) is 7.19. The van der Waals surface area contributed by atoms with Gasteiger partial charge in [0.2, 0.25) is 0 Å². The predicted molar refractivity (Wildman–Crippen MR) is 106 cm³/mol. The molecule has 1 saturated heterocycles. The number of likely N-dealkylation sites (N-methyl/N-ethyl adjacent to an activating group) is 1. The van der Waals surface area contributed by atoms with Crippen molar-refractivity contribution in [2.45, 2.75) is 12.5 Å². The maximum absolute atomic E-state index is 12.8. The van der Waals surface area contributed by atoms with Gasteiger partial charge in [-0.25, -0.2) is 0 Å². The van der Waals surface area contributed by atoms with Crippen molar-refractivity contribution in [2.75, 3.05) is 33.3 Å². The number of piperazine rings is 1. The standard InChI is InChI=1S/C21H22ClN3O2/c1-24-9-10-25(14-19(24)8-11-26)21(27)16-4-2-15(3-5-16)17-6-7-18(13-23)20(22)12-17/h2-7,12,19,26H,8-11,14H2,1H3. The van der Waals surface area contributed by atoms with Crippen molar-refractivity contribution in [2.24, 2.45) is 0 Å². The number of hydrogen-bond donors (Lipinski definition) is 1. The van der Waals surface area contributed by atoms with Gasteiger partial charge in [0.25, 0.3) is 5.91 Å². The molecule has 1 aliphatic rings. The minimum atomic E-state index is 0.00968. The number of benzene rings is 2. The van der Waals surface area contributed by atoms with E-state index in [1.807, 2.05) is 48.3 Å².